The summed E-state index contributed by atoms with van der Waals surface area (Å²) in [5, 5.41) is 3.68. The normalized spacial score (nSPS) is 31.6. The quantitative estimate of drug-likeness (QED) is 0.722. The van der Waals surface area contributed by atoms with Crippen LogP contribution in [0.25, 0.3) is 0 Å². The van der Waals surface area contributed by atoms with E-state index in [1.165, 1.54) is 77.3 Å². The summed E-state index contributed by atoms with van der Waals surface area (Å²) in [5.41, 5.74) is 5.93. The molecule has 100 valence electrons. The third-order valence-electron chi connectivity index (χ3n) is 4.78. The molecule has 2 heteroatoms. The Morgan fingerprint density at radius 3 is 2.24 bits per heavy atom. The largest absolute Gasteiger partial charge is 0.328 e. The maximum Gasteiger partial charge on any atom is 0.00390 e. The van der Waals surface area contributed by atoms with E-state index in [0.717, 1.165) is 11.8 Å². The van der Waals surface area contributed by atoms with Crippen molar-refractivity contribution in [3.8, 4) is 0 Å². The third kappa shape index (κ3) is 4.97. The van der Waals surface area contributed by atoms with E-state index in [-0.39, 0.29) is 0 Å². The highest BCUT2D eigenvalue weighted by molar-refractivity contribution is 4.76. The van der Waals surface area contributed by atoms with Crippen molar-refractivity contribution in [2.45, 2.75) is 70.3 Å². The standard InChI is InChI=1S/C15H30N2/c16-15-8-6-14(7-9-15)12-17-11-10-13-4-2-1-3-5-13/h13-15,17H,1-12,16H2. The van der Waals surface area contributed by atoms with Gasteiger partial charge in [0.15, 0.2) is 0 Å². The van der Waals surface area contributed by atoms with E-state index in [1.807, 2.05) is 0 Å². The van der Waals surface area contributed by atoms with Crippen molar-refractivity contribution in [3.63, 3.8) is 0 Å². The molecule has 2 aliphatic rings. The third-order valence-corrected chi connectivity index (χ3v) is 4.78. The molecule has 0 bridgehead atoms. The lowest BCUT2D eigenvalue weighted by Gasteiger charge is -2.27. The summed E-state index contributed by atoms with van der Waals surface area (Å²) >= 11 is 0. The molecule has 3 N–H and O–H groups in total. The molecule has 0 saturated heterocycles. The van der Waals surface area contributed by atoms with Crippen LogP contribution in [-0.4, -0.2) is 19.1 Å². The zero-order valence-corrected chi connectivity index (χ0v) is 11.3. The van der Waals surface area contributed by atoms with Crippen molar-refractivity contribution >= 4 is 0 Å². The van der Waals surface area contributed by atoms with E-state index in [1.54, 1.807) is 0 Å². The molecule has 2 nitrogen and oxygen atoms in total. The molecule has 0 unspecified atom stereocenters. The Bertz CT molecular complexity index is 191. The van der Waals surface area contributed by atoms with Crippen molar-refractivity contribution in [2.24, 2.45) is 17.6 Å². The van der Waals surface area contributed by atoms with Crippen LogP contribution >= 0.6 is 0 Å². The first kappa shape index (κ1) is 13.4. The zero-order valence-electron chi connectivity index (χ0n) is 11.3. The van der Waals surface area contributed by atoms with Crippen LogP contribution in [0.4, 0.5) is 0 Å². The second kappa shape index (κ2) is 7.38. The first-order chi connectivity index (χ1) is 8.34. The molecule has 0 aromatic heterocycles. The smallest absolute Gasteiger partial charge is 0.00390 e. The molecule has 0 atom stereocenters. The summed E-state index contributed by atoms with van der Waals surface area (Å²) in [6.45, 7) is 2.48. The molecule has 2 fully saturated rings. The van der Waals surface area contributed by atoms with Gasteiger partial charge in [-0.15, -0.1) is 0 Å². The molecule has 17 heavy (non-hydrogen) atoms. The molecule has 2 saturated carbocycles. The van der Waals surface area contributed by atoms with Crippen molar-refractivity contribution in [3.05, 3.63) is 0 Å². The van der Waals surface area contributed by atoms with Crippen molar-refractivity contribution in [2.75, 3.05) is 13.1 Å². The van der Waals surface area contributed by atoms with Crippen molar-refractivity contribution < 1.29 is 0 Å². The fraction of sp³-hybridized carbons (Fsp3) is 1.00. The van der Waals surface area contributed by atoms with Gasteiger partial charge in [-0.05, 0) is 57.0 Å². The molecule has 0 heterocycles. The highest BCUT2D eigenvalue weighted by Crippen LogP contribution is 2.26. The molecule has 0 radical (unpaired) electrons. The summed E-state index contributed by atoms with van der Waals surface area (Å²) < 4.78 is 0. The number of hydrogen-bond donors (Lipinski definition) is 2. The van der Waals surface area contributed by atoms with Gasteiger partial charge in [-0.2, -0.15) is 0 Å². The van der Waals surface area contributed by atoms with Gasteiger partial charge in [-0.25, -0.2) is 0 Å². The molecular formula is C15H30N2. The van der Waals surface area contributed by atoms with Crippen LogP contribution in [0.3, 0.4) is 0 Å². The number of nitrogens with two attached hydrogens (primary N) is 1. The Hall–Kier alpha value is -0.0800. The molecule has 2 rings (SSSR count). The first-order valence-corrected chi connectivity index (χ1v) is 7.81. The van der Waals surface area contributed by atoms with E-state index >= 15 is 0 Å². The Kier molecular flexibility index (Phi) is 5.79. The maximum atomic E-state index is 5.93. The molecule has 2 aliphatic carbocycles. The van der Waals surface area contributed by atoms with Gasteiger partial charge < -0.3 is 11.1 Å². The van der Waals surface area contributed by atoms with E-state index in [9.17, 15) is 0 Å². The zero-order chi connectivity index (χ0) is 11.9. The average molecular weight is 238 g/mol. The minimum atomic E-state index is 0.494. The van der Waals surface area contributed by atoms with Crippen LogP contribution < -0.4 is 11.1 Å². The van der Waals surface area contributed by atoms with Crippen LogP contribution in [0.2, 0.25) is 0 Å². The van der Waals surface area contributed by atoms with Gasteiger partial charge in [0.2, 0.25) is 0 Å². The van der Waals surface area contributed by atoms with Gasteiger partial charge in [0.25, 0.3) is 0 Å². The Morgan fingerprint density at radius 1 is 0.824 bits per heavy atom. The molecule has 0 spiro atoms. The number of nitrogens with one attached hydrogen (secondary N) is 1. The molecule has 0 aromatic carbocycles. The van der Waals surface area contributed by atoms with Gasteiger partial charge in [0.05, 0.1) is 0 Å². The van der Waals surface area contributed by atoms with Crippen LogP contribution in [0.1, 0.15) is 64.2 Å². The van der Waals surface area contributed by atoms with Gasteiger partial charge in [-0.3, -0.25) is 0 Å². The van der Waals surface area contributed by atoms with Gasteiger partial charge in [0.1, 0.15) is 0 Å². The van der Waals surface area contributed by atoms with Gasteiger partial charge >= 0.3 is 0 Å². The molecular weight excluding hydrogens is 208 g/mol. The minimum Gasteiger partial charge on any atom is -0.328 e. The molecule has 0 amide bonds. The predicted molar refractivity (Wildman–Crippen MR) is 74.0 cm³/mol. The van der Waals surface area contributed by atoms with Crippen molar-refractivity contribution in [1.82, 2.24) is 5.32 Å². The molecule has 0 aromatic rings. The summed E-state index contributed by atoms with van der Waals surface area (Å²) in [6.07, 6.45) is 14.0. The SMILES string of the molecule is NC1CCC(CNCCC2CCCCC2)CC1. The fourth-order valence-corrected chi connectivity index (χ4v) is 3.48. The van der Waals surface area contributed by atoms with Crippen LogP contribution in [0.5, 0.6) is 0 Å². The Morgan fingerprint density at radius 2 is 1.53 bits per heavy atom. The second-order valence-electron chi connectivity index (χ2n) is 6.28. The fourth-order valence-electron chi connectivity index (χ4n) is 3.48. The number of hydrogen-bond acceptors (Lipinski definition) is 2. The van der Waals surface area contributed by atoms with Gasteiger partial charge in [-0.1, -0.05) is 32.1 Å². The van der Waals surface area contributed by atoms with E-state index in [0.29, 0.717) is 6.04 Å². The first-order valence-electron chi connectivity index (χ1n) is 7.81. The lowest BCUT2D eigenvalue weighted by Crippen LogP contribution is -2.32. The summed E-state index contributed by atoms with van der Waals surface area (Å²) in [7, 11) is 0. The summed E-state index contributed by atoms with van der Waals surface area (Å²) in [4.78, 5) is 0. The van der Waals surface area contributed by atoms with Crippen LogP contribution in [0.15, 0.2) is 0 Å². The Balaban J connectivity index is 1.48. The van der Waals surface area contributed by atoms with E-state index in [4.69, 9.17) is 5.73 Å². The topological polar surface area (TPSA) is 38.0 Å². The summed E-state index contributed by atoms with van der Waals surface area (Å²) in [6, 6.07) is 0.494. The lowest BCUT2D eigenvalue weighted by atomic mass is 9.86. The average Bonchev–Trinajstić information content (AvgIpc) is 2.38. The molecule has 0 aliphatic heterocycles. The monoisotopic (exact) mass is 238 g/mol. The van der Waals surface area contributed by atoms with E-state index < -0.39 is 0 Å². The Labute approximate surface area is 107 Å². The number of rotatable bonds is 5. The minimum absolute atomic E-state index is 0.494. The van der Waals surface area contributed by atoms with Gasteiger partial charge in [0, 0.05) is 6.04 Å². The second-order valence-corrected chi connectivity index (χ2v) is 6.28. The lowest BCUT2D eigenvalue weighted by molar-refractivity contribution is 0.300. The highest BCUT2D eigenvalue weighted by atomic mass is 14.9. The maximum absolute atomic E-state index is 5.93. The van der Waals surface area contributed by atoms with Crippen molar-refractivity contribution in [1.29, 1.82) is 0 Å². The van der Waals surface area contributed by atoms with Crippen LogP contribution in [-0.2, 0) is 0 Å². The predicted octanol–water partition coefficient (Wildman–Crippen LogP) is 3.06. The summed E-state index contributed by atoms with van der Waals surface area (Å²) in [5.74, 6) is 1.93. The van der Waals surface area contributed by atoms with E-state index in [2.05, 4.69) is 5.32 Å². The highest BCUT2D eigenvalue weighted by Gasteiger charge is 2.18. The van der Waals surface area contributed by atoms with Crippen LogP contribution in [0, 0.1) is 11.8 Å².